The van der Waals surface area contributed by atoms with Crippen LogP contribution >= 0.6 is 0 Å². The van der Waals surface area contributed by atoms with Crippen molar-refractivity contribution in [1.29, 1.82) is 0 Å². The minimum absolute atomic E-state index is 0.0701. The summed E-state index contributed by atoms with van der Waals surface area (Å²) in [5.74, 6) is 0.339. The molecular weight excluding hydrogens is 381 g/mol. The predicted molar refractivity (Wildman–Crippen MR) is 101 cm³/mol. The van der Waals surface area contributed by atoms with E-state index in [1.54, 1.807) is 13.8 Å². The summed E-state index contributed by atoms with van der Waals surface area (Å²) in [5.41, 5.74) is -0.0853. The Morgan fingerprint density at radius 2 is 1.67 bits per heavy atom. The molecule has 0 atom stereocenters. The van der Waals surface area contributed by atoms with Gasteiger partial charge in [0.25, 0.3) is 0 Å². The van der Waals surface area contributed by atoms with Crippen LogP contribution in [0.4, 0.5) is 13.2 Å². The molecule has 0 aliphatic rings. The Bertz CT molecular complexity index is 700. The molecule has 0 heterocycles. The molecule has 0 saturated heterocycles. The van der Waals surface area contributed by atoms with E-state index >= 15 is 0 Å². The van der Waals surface area contributed by atoms with Crippen molar-refractivity contribution in [1.82, 2.24) is 14.9 Å². The van der Waals surface area contributed by atoms with Gasteiger partial charge in [-0.2, -0.15) is 13.2 Å². The van der Waals surface area contributed by atoms with Crippen molar-refractivity contribution in [2.24, 2.45) is 4.99 Å². The molecule has 6 nitrogen and oxygen atoms in total. The zero-order valence-corrected chi connectivity index (χ0v) is 16.6. The van der Waals surface area contributed by atoms with Gasteiger partial charge in [-0.05, 0) is 24.6 Å². The van der Waals surface area contributed by atoms with E-state index in [4.69, 9.17) is 0 Å². The standard InChI is InChI=1S/C17H27F3N4O2S/c1-4-21-16(22-11-12-27(25,26)24(5-2)6-3)23-13-14-7-9-15(10-8-14)17(18,19)20/h7-10H,4-6,11-13H2,1-3H3,(H2,21,22,23). The maximum absolute atomic E-state index is 12.6. The minimum Gasteiger partial charge on any atom is -0.357 e. The molecule has 1 aromatic carbocycles. The Labute approximate surface area is 158 Å². The van der Waals surface area contributed by atoms with E-state index in [0.717, 1.165) is 12.1 Å². The molecule has 0 aromatic heterocycles. The molecule has 1 aromatic rings. The van der Waals surface area contributed by atoms with Crippen LogP contribution in [0, 0.1) is 0 Å². The highest BCUT2D eigenvalue weighted by Gasteiger charge is 2.29. The molecule has 0 spiro atoms. The second-order valence-electron chi connectivity index (χ2n) is 5.72. The van der Waals surface area contributed by atoms with Crippen molar-refractivity contribution in [3.8, 4) is 0 Å². The molecule has 0 aliphatic heterocycles. The highest BCUT2D eigenvalue weighted by atomic mass is 32.2. The van der Waals surface area contributed by atoms with E-state index in [9.17, 15) is 21.6 Å². The first-order valence-electron chi connectivity index (χ1n) is 8.80. The highest BCUT2D eigenvalue weighted by Crippen LogP contribution is 2.29. The fourth-order valence-electron chi connectivity index (χ4n) is 2.36. The van der Waals surface area contributed by atoms with Gasteiger partial charge >= 0.3 is 6.18 Å². The number of rotatable bonds is 9. The number of nitrogens with one attached hydrogen (secondary N) is 2. The van der Waals surface area contributed by atoms with Crippen molar-refractivity contribution >= 4 is 16.0 Å². The number of benzene rings is 1. The normalized spacial score (nSPS) is 13.1. The maximum Gasteiger partial charge on any atom is 0.416 e. The molecule has 1 rings (SSSR count). The van der Waals surface area contributed by atoms with E-state index in [-0.39, 0.29) is 18.8 Å². The number of sulfonamides is 1. The molecule has 10 heteroatoms. The summed E-state index contributed by atoms with van der Waals surface area (Å²) in [5, 5.41) is 5.92. The zero-order chi connectivity index (χ0) is 20.5. The summed E-state index contributed by atoms with van der Waals surface area (Å²) in [6.07, 6.45) is -4.37. The third-order valence-corrected chi connectivity index (χ3v) is 5.82. The number of alkyl halides is 3. The van der Waals surface area contributed by atoms with E-state index in [2.05, 4.69) is 15.6 Å². The molecule has 0 aliphatic carbocycles. The number of guanidine groups is 1. The first-order valence-corrected chi connectivity index (χ1v) is 10.4. The Morgan fingerprint density at radius 3 is 2.15 bits per heavy atom. The fraction of sp³-hybridized carbons (Fsp3) is 0.588. The van der Waals surface area contributed by atoms with Gasteiger partial charge in [-0.25, -0.2) is 17.7 Å². The van der Waals surface area contributed by atoms with E-state index < -0.39 is 21.8 Å². The van der Waals surface area contributed by atoms with Crippen LogP contribution in [0.5, 0.6) is 0 Å². The van der Waals surface area contributed by atoms with Crippen LogP contribution in [0.2, 0.25) is 0 Å². The molecule has 154 valence electrons. The summed E-state index contributed by atoms with van der Waals surface area (Å²) in [4.78, 5) is 4.29. The van der Waals surface area contributed by atoms with E-state index in [1.807, 2.05) is 6.92 Å². The van der Waals surface area contributed by atoms with Crippen LogP contribution in [0.3, 0.4) is 0 Å². The van der Waals surface area contributed by atoms with Gasteiger partial charge in [0.2, 0.25) is 10.0 Å². The summed E-state index contributed by atoms with van der Waals surface area (Å²) in [7, 11) is -3.34. The van der Waals surface area contributed by atoms with Gasteiger partial charge in [-0.3, -0.25) is 0 Å². The van der Waals surface area contributed by atoms with Crippen LogP contribution in [0.1, 0.15) is 31.9 Å². The lowest BCUT2D eigenvalue weighted by molar-refractivity contribution is -0.137. The molecular formula is C17H27F3N4O2S. The third kappa shape index (κ3) is 7.76. The number of nitrogens with zero attached hydrogens (tertiary/aromatic N) is 2. The maximum atomic E-state index is 12.6. The monoisotopic (exact) mass is 408 g/mol. The van der Waals surface area contributed by atoms with Crippen molar-refractivity contribution in [2.75, 3.05) is 31.9 Å². The molecule has 0 unspecified atom stereocenters. The topological polar surface area (TPSA) is 73.8 Å². The molecule has 2 N–H and O–H groups in total. The quantitative estimate of drug-likeness (QED) is 0.486. The van der Waals surface area contributed by atoms with Crippen molar-refractivity contribution < 1.29 is 21.6 Å². The van der Waals surface area contributed by atoms with Gasteiger partial charge < -0.3 is 10.6 Å². The van der Waals surface area contributed by atoms with Crippen LogP contribution in [-0.4, -0.2) is 50.6 Å². The van der Waals surface area contributed by atoms with Gasteiger partial charge in [0, 0.05) is 26.2 Å². The van der Waals surface area contributed by atoms with Crippen molar-refractivity contribution in [3.63, 3.8) is 0 Å². The van der Waals surface area contributed by atoms with Crippen LogP contribution in [0.25, 0.3) is 0 Å². The van der Waals surface area contributed by atoms with Crippen LogP contribution in [0.15, 0.2) is 29.3 Å². The van der Waals surface area contributed by atoms with Crippen LogP contribution in [-0.2, 0) is 22.7 Å². The van der Waals surface area contributed by atoms with Gasteiger partial charge in [-0.1, -0.05) is 26.0 Å². The first kappa shape index (κ1) is 23.2. The lowest BCUT2D eigenvalue weighted by Gasteiger charge is -2.19. The average molecular weight is 408 g/mol. The largest absolute Gasteiger partial charge is 0.416 e. The summed E-state index contributed by atoms with van der Waals surface area (Å²) in [6.45, 7) is 7.19. The molecule has 0 bridgehead atoms. The second-order valence-corrected chi connectivity index (χ2v) is 7.81. The average Bonchev–Trinajstić information content (AvgIpc) is 2.60. The SMILES string of the molecule is CCNC(=NCc1ccc(C(F)(F)F)cc1)NCCS(=O)(=O)N(CC)CC. The number of aliphatic imine (C=N–C) groups is 1. The van der Waals surface area contributed by atoms with Gasteiger partial charge in [0.15, 0.2) is 5.96 Å². The zero-order valence-electron chi connectivity index (χ0n) is 15.8. The number of hydrogen-bond acceptors (Lipinski definition) is 3. The second kappa shape index (κ2) is 10.5. The summed E-state index contributed by atoms with van der Waals surface area (Å²) in [6, 6.07) is 4.78. The number of halogens is 3. The van der Waals surface area contributed by atoms with E-state index in [1.165, 1.54) is 16.4 Å². The van der Waals surface area contributed by atoms with Crippen molar-refractivity contribution in [2.45, 2.75) is 33.5 Å². The molecule has 0 amide bonds. The molecule has 27 heavy (non-hydrogen) atoms. The smallest absolute Gasteiger partial charge is 0.357 e. The van der Waals surface area contributed by atoms with E-state index in [0.29, 0.717) is 31.2 Å². The number of hydrogen-bond donors (Lipinski definition) is 2. The van der Waals surface area contributed by atoms with Gasteiger partial charge in [0.05, 0.1) is 17.9 Å². The molecule has 0 radical (unpaired) electrons. The Kier molecular flexibility index (Phi) is 9.04. The Balaban J connectivity index is 2.67. The van der Waals surface area contributed by atoms with Crippen LogP contribution < -0.4 is 10.6 Å². The van der Waals surface area contributed by atoms with Gasteiger partial charge in [-0.15, -0.1) is 0 Å². The Morgan fingerprint density at radius 1 is 1.07 bits per heavy atom. The Hall–Kier alpha value is -1.81. The predicted octanol–water partition coefficient (Wildman–Crippen LogP) is 2.43. The first-order chi connectivity index (χ1) is 12.6. The fourth-order valence-corrected chi connectivity index (χ4v) is 3.76. The summed E-state index contributed by atoms with van der Waals surface area (Å²) < 4.78 is 63.4. The minimum atomic E-state index is -4.37. The van der Waals surface area contributed by atoms with Gasteiger partial charge in [0.1, 0.15) is 0 Å². The highest BCUT2D eigenvalue weighted by molar-refractivity contribution is 7.89. The third-order valence-electron chi connectivity index (χ3n) is 3.80. The lowest BCUT2D eigenvalue weighted by Crippen LogP contribution is -2.42. The lowest BCUT2D eigenvalue weighted by atomic mass is 10.1. The molecule has 0 fully saturated rings. The van der Waals surface area contributed by atoms with Crippen molar-refractivity contribution in [3.05, 3.63) is 35.4 Å². The molecule has 0 saturated carbocycles. The summed E-state index contributed by atoms with van der Waals surface area (Å²) >= 11 is 0.